The Labute approximate surface area is 172 Å². The van der Waals surface area contributed by atoms with Gasteiger partial charge in [-0.3, -0.25) is 0 Å². The van der Waals surface area contributed by atoms with Crippen LogP contribution in [0, 0.1) is 23.7 Å². The Morgan fingerprint density at radius 1 is 0.615 bits per heavy atom. The Kier molecular flexibility index (Phi) is 51.0. The summed E-state index contributed by atoms with van der Waals surface area (Å²) < 4.78 is 0. The molecule has 2 atom stereocenters. The average Bonchev–Trinajstić information content (AvgIpc) is 2.63. The van der Waals surface area contributed by atoms with Gasteiger partial charge in [-0.05, 0) is 23.7 Å². The van der Waals surface area contributed by atoms with Crippen LogP contribution in [0.15, 0.2) is 0 Å². The zero-order chi connectivity index (χ0) is 22.0. The molecule has 2 unspecified atom stereocenters. The van der Waals surface area contributed by atoms with Crippen molar-refractivity contribution in [2.45, 2.75) is 148 Å². The van der Waals surface area contributed by atoms with Gasteiger partial charge in [-0.15, -0.1) is 0 Å². The van der Waals surface area contributed by atoms with Crippen molar-refractivity contribution in [3.05, 3.63) is 0 Å². The predicted molar refractivity (Wildman–Crippen MR) is 130 cm³/mol. The molecule has 0 heteroatoms. The Bertz CT molecular complexity index is 156. The molecule has 0 radical (unpaired) electrons. The van der Waals surface area contributed by atoms with E-state index in [0.29, 0.717) is 0 Å². The fraction of sp³-hybridized carbons (Fsp3) is 1.00. The van der Waals surface area contributed by atoms with E-state index in [-0.39, 0.29) is 0 Å². The Hall–Kier alpha value is 0. The van der Waals surface area contributed by atoms with Gasteiger partial charge in [0.2, 0.25) is 0 Å². The van der Waals surface area contributed by atoms with Crippen LogP contribution in [0.4, 0.5) is 0 Å². The molecule has 0 aromatic heterocycles. The average molecular weight is 375 g/mol. The lowest BCUT2D eigenvalue weighted by molar-refractivity contribution is 0.219. The lowest BCUT2D eigenvalue weighted by Crippen LogP contribution is -2.18. The van der Waals surface area contributed by atoms with Crippen molar-refractivity contribution in [1.82, 2.24) is 0 Å². The van der Waals surface area contributed by atoms with E-state index in [9.17, 15) is 0 Å². The maximum absolute atomic E-state index is 2.33. The van der Waals surface area contributed by atoms with E-state index in [0.717, 1.165) is 23.7 Å². The second-order valence-corrected chi connectivity index (χ2v) is 8.15. The summed E-state index contributed by atoms with van der Waals surface area (Å²) in [6.07, 6.45) is 11.2. The maximum Gasteiger partial charge on any atom is -0.0417 e. The summed E-state index contributed by atoms with van der Waals surface area (Å²) >= 11 is 0. The van der Waals surface area contributed by atoms with Crippen molar-refractivity contribution in [3.8, 4) is 0 Å². The zero-order valence-electron chi connectivity index (χ0n) is 22.0. The van der Waals surface area contributed by atoms with Crippen LogP contribution in [-0.4, -0.2) is 0 Å². The summed E-state index contributed by atoms with van der Waals surface area (Å²) in [6, 6.07) is 0. The molecule has 0 nitrogen and oxygen atoms in total. The third-order valence-electron chi connectivity index (χ3n) is 3.93. The molecule has 0 N–H and O–H groups in total. The minimum absolute atomic E-state index is 0.833. The molecule has 1 fully saturated rings. The Morgan fingerprint density at radius 3 is 1.04 bits per heavy atom. The molecule has 1 aliphatic rings. The van der Waals surface area contributed by atoms with Crippen LogP contribution in [0.25, 0.3) is 0 Å². The fourth-order valence-corrected chi connectivity index (χ4v) is 1.64. The van der Waals surface area contributed by atoms with E-state index in [4.69, 9.17) is 0 Å². The van der Waals surface area contributed by atoms with Crippen LogP contribution in [0.5, 0.6) is 0 Å². The molecule has 0 aromatic rings. The molecule has 1 aliphatic carbocycles. The molecular formula is C26H62. The monoisotopic (exact) mass is 374 g/mol. The van der Waals surface area contributed by atoms with Crippen molar-refractivity contribution in [1.29, 1.82) is 0 Å². The summed E-state index contributed by atoms with van der Waals surface area (Å²) in [6.45, 7) is 30.3. The third-order valence-corrected chi connectivity index (χ3v) is 3.93. The lowest BCUT2D eigenvalue weighted by Gasteiger charge is -2.29. The number of unbranched alkanes of at least 4 members (excludes halogenated alkanes) is 3. The van der Waals surface area contributed by atoms with Gasteiger partial charge in [-0.25, -0.2) is 0 Å². The highest BCUT2D eigenvalue weighted by molar-refractivity contribution is 4.71. The third kappa shape index (κ3) is 56.4. The second-order valence-electron chi connectivity index (χ2n) is 8.15. The lowest BCUT2D eigenvalue weighted by atomic mass is 9.77. The molecule has 0 amide bonds. The quantitative estimate of drug-likeness (QED) is 0.419. The first-order chi connectivity index (χ1) is 12.2. The number of hydrogen-bond donors (Lipinski definition) is 0. The maximum atomic E-state index is 2.33. The van der Waals surface area contributed by atoms with Crippen molar-refractivity contribution in [2.75, 3.05) is 0 Å². The van der Waals surface area contributed by atoms with Gasteiger partial charge in [0.05, 0.1) is 0 Å². The van der Waals surface area contributed by atoms with Gasteiger partial charge >= 0.3 is 0 Å². The van der Waals surface area contributed by atoms with E-state index in [1.165, 1.54) is 51.4 Å². The normalized spacial score (nSPS) is 16.6. The minimum Gasteiger partial charge on any atom is -0.0683 e. The van der Waals surface area contributed by atoms with Crippen LogP contribution in [0.3, 0.4) is 0 Å². The van der Waals surface area contributed by atoms with Crippen LogP contribution in [-0.2, 0) is 0 Å². The Balaban J connectivity index is -0.0000000731. The largest absolute Gasteiger partial charge is 0.0683 e. The van der Waals surface area contributed by atoms with Crippen LogP contribution in [0.1, 0.15) is 148 Å². The molecule has 0 aromatic carbocycles. The van der Waals surface area contributed by atoms with Crippen molar-refractivity contribution in [2.24, 2.45) is 23.7 Å². The zero-order valence-corrected chi connectivity index (χ0v) is 22.0. The first-order valence-corrected chi connectivity index (χ1v) is 12.2. The van der Waals surface area contributed by atoms with Crippen LogP contribution in [0.2, 0.25) is 0 Å². The van der Waals surface area contributed by atoms with E-state index in [2.05, 4.69) is 69.2 Å². The Morgan fingerprint density at radius 2 is 0.923 bits per heavy atom. The second kappa shape index (κ2) is 36.0. The highest BCUT2D eigenvalue weighted by Crippen LogP contribution is 2.32. The van der Waals surface area contributed by atoms with Crippen molar-refractivity contribution in [3.63, 3.8) is 0 Å². The van der Waals surface area contributed by atoms with Crippen LogP contribution < -0.4 is 0 Å². The van der Waals surface area contributed by atoms with Gasteiger partial charge < -0.3 is 0 Å². The standard InChI is InChI=1S/C8H18.C6H12.2C4H10.2C2H6/c1-4-5-6-7-8(2)3;1-5-3-4-6(5)2;1-4(2)3;1-3-4-2;2*1-2/h8H,4-7H2,1-3H3;5-6H,3-4H2,1-2H3;4H,1-3H3;3-4H2,1-2H3;2*1-2H3. The van der Waals surface area contributed by atoms with Gasteiger partial charge in [0, 0.05) is 0 Å². The fourth-order valence-electron chi connectivity index (χ4n) is 1.64. The summed E-state index contributed by atoms with van der Waals surface area (Å²) in [7, 11) is 0. The van der Waals surface area contributed by atoms with Gasteiger partial charge in [-0.1, -0.05) is 148 Å². The van der Waals surface area contributed by atoms with Crippen molar-refractivity contribution < 1.29 is 0 Å². The molecule has 1 saturated carbocycles. The highest BCUT2D eigenvalue weighted by Gasteiger charge is 2.20. The summed E-state index contributed by atoms with van der Waals surface area (Å²) in [5.41, 5.74) is 0. The van der Waals surface area contributed by atoms with Crippen LogP contribution >= 0.6 is 0 Å². The molecule has 166 valence electrons. The molecule has 26 heavy (non-hydrogen) atoms. The van der Waals surface area contributed by atoms with E-state index >= 15 is 0 Å². The molecule has 0 saturated heterocycles. The van der Waals surface area contributed by atoms with Gasteiger partial charge in [0.15, 0.2) is 0 Å². The minimum atomic E-state index is 0.833. The van der Waals surface area contributed by atoms with E-state index in [1.54, 1.807) is 0 Å². The number of hydrogen-bond acceptors (Lipinski definition) is 0. The molecule has 0 spiro atoms. The number of rotatable bonds is 5. The predicted octanol–water partition coefficient (Wildman–Crippen LogP) is 10.8. The van der Waals surface area contributed by atoms with Gasteiger partial charge in [0.1, 0.15) is 0 Å². The van der Waals surface area contributed by atoms with Gasteiger partial charge in [-0.2, -0.15) is 0 Å². The summed E-state index contributed by atoms with van der Waals surface area (Å²) in [4.78, 5) is 0. The molecule has 1 rings (SSSR count). The first-order valence-electron chi connectivity index (χ1n) is 12.2. The smallest absolute Gasteiger partial charge is 0.0417 e. The van der Waals surface area contributed by atoms with E-state index < -0.39 is 0 Å². The van der Waals surface area contributed by atoms with Gasteiger partial charge in [0.25, 0.3) is 0 Å². The summed E-state index contributed by atoms with van der Waals surface area (Å²) in [5, 5.41) is 0. The first kappa shape index (κ1) is 36.8. The molecular weight excluding hydrogens is 312 g/mol. The highest BCUT2D eigenvalue weighted by atomic mass is 14.3. The topological polar surface area (TPSA) is 0 Å². The van der Waals surface area contributed by atoms with Crippen molar-refractivity contribution >= 4 is 0 Å². The van der Waals surface area contributed by atoms with E-state index in [1.807, 2.05) is 27.7 Å². The molecule has 0 bridgehead atoms. The molecule has 0 aliphatic heterocycles. The molecule has 0 heterocycles. The SMILES string of the molecule is CC.CC.CC(C)C.CC1CCC1C.CCCC.CCCCCC(C)C. The summed E-state index contributed by atoms with van der Waals surface area (Å²) in [5.74, 6) is 3.80.